The van der Waals surface area contributed by atoms with Gasteiger partial charge >= 0.3 is 0 Å². The highest BCUT2D eigenvalue weighted by Gasteiger charge is 2.29. The Morgan fingerprint density at radius 3 is 2.70 bits per heavy atom. The summed E-state index contributed by atoms with van der Waals surface area (Å²) in [6.07, 6.45) is 5.45. The molecule has 2 saturated heterocycles. The van der Waals surface area contributed by atoms with Gasteiger partial charge in [-0.05, 0) is 44.5 Å². The molecule has 110 valence electrons. The van der Waals surface area contributed by atoms with Crippen LogP contribution in [-0.2, 0) is 5.33 Å². The van der Waals surface area contributed by atoms with E-state index in [2.05, 4.69) is 37.9 Å². The molecule has 1 atom stereocenters. The van der Waals surface area contributed by atoms with Crippen LogP contribution in [0.5, 0.6) is 0 Å². The van der Waals surface area contributed by atoms with Crippen molar-refractivity contribution in [2.45, 2.75) is 37.1 Å². The molecule has 0 aromatic heterocycles. The summed E-state index contributed by atoms with van der Waals surface area (Å²) < 4.78 is 0. The smallest absolute Gasteiger partial charge is 0.0467 e. The molecule has 1 unspecified atom stereocenters. The summed E-state index contributed by atoms with van der Waals surface area (Å²) in [5.41, 5.74) is 2.54. The van der Waals surface area contributed by atoms with Gasteiger partial charge in [0, 0.05) is 40.7 Å². The van der Waals surface area contributed by atoms with Gasteiger partial charge in [0.15, 0.2) is 0 Å². The number of nitrogens with zero attached hydrogens (tertiary/aromatic N) is 2. The molecule has 2 aliphatic rings. The lowest BCUT2D eigenvalue weighted by Crippen LogP contribution is -2.40. The second-order valence-corrected chi connectivity index (χ2v) is 6.82. The molecule has 0 aliphatic carbocycles. The lowest BCUT2D eigenvalue weighted by molar-refractivity contribution is 0.175. The van der Waals surface area contributed by atoms with Crippen LogP contribution in [0.1, 0.15) is 31.2 Å². The van der Waals surface area contributed by atoms with Gasteiger partial charge in [0.2, 0.25) is 0 Å². The zero-order valence-electron chi connectivity index (χ0n) is 11.8. The standard InChI is InChI=1S/C16H22BrClN2/c17-11-14-15(18)5-4-6-16(14)20-10-7-13(12-20)19-8-2-1-3-9-19/h4-6,13H,1-3,7-12H2. The molecule has 0 amide bonds. The van der Waals surface area contributed by atoms with Crippen molar-refractivity contribution in [2.24, 2.45) is 0 Å². The quantitative estimate of drug-likeness (QED) is 0.744. The molecule has 0 radical (unpaired) electrons. The fraction of sp³-hybridized carbons (Fsp3) is 0.625. The van der Waals surface area contributed by atoms with Crippen LogP contribution in [-0.4, -0.2) is 37.1 Å². The minimum absolute atomic E-state index is 0.734. The van der Waals surface area contributed by atoms with Crippen molar-refractivity contribution in [1.29, 1.82) is 0 Å². The summed E-state index contributed by atoms with van der Waals surface area (Å²) in [4.78, 5) is 5.21. The van der Waals surface area contributed by atoms with Gasteiger partial charge in [-0.2, -0.15) is 0 Å². The maximum atomic E-state index is 6.33. The topological polar surface area (TPSA) is 6.48 Å². The summed E-state index contributed by atoms with van der Waals surface area (Å²) in [6, 6.07) is 7.00. The van der Waals surface area contributed by atoms with E-state index in [9.17, 15) is 0 Å². The van der Waals surface area contributed by atoms with Crippen molar-refractivity contribution < 1.29 is 0 Å². The van der Waals surface area contributed by atoms with Crippen LogP contribution < -0.4 is 4.90 Å². The maximum absolute atomic E-state index is 6.33. The molecule has 3 rings (SSSR count). The van der Waals surface area contributed by atoms with Gasteiger partial charge in [-0.1, -0.05) is 40.0 Å². The third-order valence-corrected chi connectivity index (χ3v) is 5.55. The van der Waals surface area contributed by atoms with Crippen LogP contribution in [0, 0.1) is 0 Å². The lowest BCUT2D eigenvalue weighted by atomic mass is 10.1. The number of anilines is 1. The molecule has 0 N–H and O–H groups in total. The number of rotatable bonds is 3. The number of alkyl halides is 1. The third-order valence-electron chi connectivity index (χ3n) is 4.64. The van der Waals surface area contributed by atoms with Crippen molar-refractivity contribution in [3.63, 3.8) is 0 Å². The Balaban J connectivity index is 1.72. The predicted octanol–water partition coefficient (Wildman–Crippen LogP) is 4.30. The SMILES string of the molecule is Clc1cccc(N2CCC(N3CCCCC3)C2)c1CBr. The van der Waals surface area contributed by atoms with E-state index in [-0.39, 0.29) is 0 Å². The first-order valence-corrected chi connectivity index (χ1v) is 9.12. The van der Waals surface area contributed by atoms with Crippen molar-refractivity contribution >= 4 is 33.2 Å². The van der Waals surface area contributed by atoms with Gasteiger partial charge in [0.05, 0.1) is 0 Å². The van der Waals surface area contributed by atoms with Gasteiger partial charge in [-0.3, -0.25) is 4.90 Å². The maximum Gasteiger partial charge on any atom is 0.0467 e. The molecule has 0 spiro atoms. The van der Waals surface area contributed by atoms with Crippen molar-refractivity contribution in [3.8, 4) is 0 Å². The zero-order valence-corrected chi connectivity index (χ0v) is 14.2. The highest BCUT2D eigenvalue weighted by atomic mass is 79.9. The summed E-state index contributed by atoms with van der Waals surface area (Å²) in [5, 5.41) is 1.70. The molecule has 4 heteroatoms. The molecular weight excluding hydrogens is 336 g/mol. The molecule has 2 fully saturated rings. The van der Waals surface area contributed by atoms with Crippen molar-refractivity contribution in [3.05, 3.63) is 28.8 Å². The van der Waals surface area contributed by atoms with Crippen LogP contribution in [0.4, 0.5) is 5.69 Å². The molecule has 0 bridgehead atoms. The molecular formula is C16H22BrClN2. The minimum atomic E-state index is 0.734. The van der Waals surface area contributed by atoms with Gasteiger partial charge in [-0.25, -0.2) is 0 Å². The van der Waals surface area contributed by atoms with Crippen molar-refractivity contribution in [1.82, 2.24) is 4.90 Å². The monoisotopic (exact) mass is 356 g/mol. The molecule has 2 aliphatic heterocycles. The Hall–Kier alpha value is -0.250. The van der Waals surface area contributed by atoms with Crippen molar-refractivity contribution in [2.75, 3.05) is 31.1 Å². The molecule has 20 heavy (non-hydrogen) atoms. The predicted molar refractivity (Wildman–Crippen MR) is 90.1 cm³/mol. The zero-order chi connectivity index (χ0) is 13.9. The Bertz CT molecular complexity index is 460. The minimum Gasteiger partial charge on any atom is -0.370 e. The summed E-state index contributed by atoms with van der Waals surface area (Å²) in [7, 11) is 0. The Labute approximate surface area is 135 Å². The number of piperidine rings is 1. The second-order valence-electron chi connectivity index (χ2n) is 5.86. The summed E-state index contributed by atoms with van der Waals surface area (Å²) in [6.45, 7) is 4.89. The first kappa shape index (κ1) is 14.7. The molecule has 1 aromatic carbocycles. The third kappa shape index (κ3) is 3.00. The number of halogens is 2. The van der Waals surface area contributed by atoms with Gasteiger partial charge < -0.3 is 4.90 Å². The van der Waals surface area contributed by atoms with Crippen LogP contribution in [0.3, 0.4) is 0 Å². The highest BCUT2D eigenvalue weighted by molar-refractivity contribution is 9.08. The number of hydrogen-bond donors (Lipinski definition) is 0. The van der Waals surface area contributed by atoms with Gasteiger partial charge in [0.1, 0.15) is 0 Å². The van der Waals surface area contributed by atoms with E-state index in [4.69, 9.17) is 11.6 Å². The van der Waals surface area contributed by atoms with Crippen LogP contribution in [0.15, 0.2) is 18.2 Å². The Morgan fingerprint density at radius 1 is 1.15 bits per heavy atom. The molecule has 2 nitrogen and oxygen atoms in total. The summed E-state index contributed by atoms with van der Waals surface area (Å²) in [5.74, 6) is 0. The number of likely N-dealkylation sites (tertiary alicyclic amines) is 1. The van der Waals surface area contributed by atoms with E-state index in [0.29, 0.717) is 0 Å². The van der Waals surface area contributed by atoms with Crippen LogP contribution in [0.25, 0.3) is 0 Å². The van der Waals surface area contributed by atoms with E-state index in [1.165, 1.54) is 50.0 Å². The fourth-order valence-electron chi connectivity index (χ4n) is 3.52. The number of benzene rings is 1. The van der Waals surface area contributed by atoms with E-state index in [0.717, 1.165) is 29.5 Å². The van der Waals surface area contributed by atoms with Crippen LogP contribution >= 0.6 is 27.5 Å². The van der Waals surface area contributed by atoms with E-state index in [1.54, 1.807) is 0 Å². The first-order valence-electron chi connectivity index (χ1n) is 7.62. The second kappa shape index (κ2) is 6.67. The summed E-state index contributed by atoms with van der Waals surface area (Å²) >= 11 is 9.90. The van der Waals surface area contributed by atoms with Gasteiger partial charge in [-0.15, -0.1) is 0 Å². The van der Waals surface area contributed by atoms with E-state index in [1.807, 2.05) is 6.07 Å². The van der Waals surface area contributed by atoms with E-state index < -0.39 is 0 Å². The average molecular weight is 358 g/mol. The van der Waals surface area contributed by atoms with Gasteiger partial charge in [0.25, 0.3) is 0 Å². The van der Waals surface area contributed by atoms with Crippen LogP contribution in [0.2, 0.25) is 5.02 Å². The fourth-order valence-corrected chi connectivity index (χ4v) is 4.51. The molecule has 0 saturated carbocycles. The largest absolute Gasteiger partial charge is 0.370 e. The Morgan fingerprint density at radius 2 is 1.95 bits per heavy atom. The average Bonchev–Trinajstić information content (AvgIpc) is 2.97. The Kier molecular flexibility index (Phi) is 4.90. The highest BCUT2D eigenvalue weighted by Crippen LogP contribution is 2.32. The first-order chi connectivity index (χ1) is 9.79. The van der Waals surface area contributed by atoms with E-state index >= 15 is 0 Å². The molecule has 1 aromatic rings. The molecule has 2 heterocycles. The lowest BCUT2D eigenvalue weighted by Gasteiger charge is -2.32. The number of hydrogen-bond acceptors (Lipinski definition) is 2. The normalized spacial score (nSPS) is 24.3.